The molecule has 2 unspecified atom stereocenters. The van der Waals surface area contributed by atoms with Crippen LogP contribution in [-0.4, -0.2) is 49.0 Å². The van der Waals surface area contributed by atoms with Gasteiger partial charge in [0.05, 0.1) is 19.3 Å². The molecular formula is C18H29NO3. The number of ether oxygens (including phenoxy) is 2. The van der Waals surface area contributed by atoms with E-state index >= 15 is 0 Å². The number of methoxy groups -OCH3 is 1. The molecule has 1 aliphatic heterocycles. The van der Waals surface area contributed by atoms with E-state index in [-0.39, 0.29) is 0 Å². The van der Waals surface area contributed by atoms with E-state index in [1.165, 1.54) is 12.8 Å². The molecule has 0 bridgehead atoms. The first-order chi connectivity index (χ1) is 10.6. The van der Waals surface area contributed by atoms with Gasteiger partial charge in [0.15, 0.2) is 0 Å². The van der Waals surface area contributed by atoms with E-state index in [0.717, 1.165) is 30.9 Å². The summed E-state index contributed by atoms with van der Waals surface area (Å²) in [5, 5.41) is 10.6. The molecule has 22 heavy (non-hydrogen) atoms. The fourth-order valence-electron chi connectivity index (χ4n) is 2.89. The summed E-state index contributed by atoms with van der Waals surface area (Å²) in [6, 6.07) is 8.04. The van der Waals surface area contributed by atoms with Crippen molar-refractivity contribution >= 4 is 0 Å². The van der Waals surface area contributed by atoms with E-state index in [4.69, 9.17) is 9.47 Å². The van der Waals surface area contributed by atoms with Crippen molar-refractivity contribution in [2.24, 2.45) is 0 Å². The molecule has 4 heteroatoms. The van der Waals surface area contributed by atoms with Gasteiger partial charge in [0.25, 0.3) is 0 Å². The fraction of sp³-hybridized carbons (Fsp3) is 0.667. The van der Waals surface area contributed by atoms with E-state index in [9.17, 15) is 5.11 Å². The highest BCUT2D eigenvalue weighted by molar-refractivity contribution is 5.29. The molecule has 0 saturated carbocycles. The Balaban J connectivity index is 1.96. The average molecular weight is 307 g/mol. The largest absolute Gasteiger partial charge is 0.497 e. The summed E-state index contributed by atoms with van der Waals surface area (Å²) >= 11 is 0. The first-order valence-electron chi connectivity index (χ1n) is 8.28. The first-order valence-corrected chi connectivity index (χ1v) is 8.28. The SMILES string of the molecule is COc1cccc(C(O)CN(CC2CCCCO2)C(C)C)c1. The molecule has 1 aromatic carbocycles. The molecule has 4 nitrogen and oxygen atoms in total. The minimum absolute atomic E-state index is 0.300. The molecule has 0 spiro atoms. The lowest BCUT2D eigenvalue weighted by Crippen LogP contribution is -2.42. The monoisotopic (exact) mass is 307 g/mol. The van der Waals surface area contributed by atoms with Crippen molar-refractivity contribution in [3.8, 4) is 5.75 Å². The molecule has 2 rings (SSSR count). The summed E-state index contributed by atoms with van der Waals surface area (Å²) in [7, 11) is 1.65. The summed E-state index contributed by atoms with van der Waals surface area (Å²) in [6.45, 7) is 6.71. The zero-order valence-corrected chi connectivity index (χ0v) is 14.0. The van der Waals surface area contributed by atoms with Crippen LogP contribution in [0.1, 0.15) is 44.8 Å². The number of aliphatic hydroxyl groups excluding tert-OH is 1. The van der Waals surface area contributed by atoms with Crippen LogP contribution in [0.15, 0.2) is 24.3 Å². The summed E-state index contributed by atoms with van der Waals surface area (Å²) in [4.78, 5) is 2.31. The molecule has 124 valence electrons. The van der Waals surface area contributed by atoms with Crippen LogP contribution < -0.4 is 4.74 Å². The second kappa shape index (κ2) is 8.51. The van der Waals surface area contributed by atoms with E-state index in [2.05, 4.69) is 18.7 Å². The molecule has 1 saturated heterocycles. The predicted octanol–water partition coefficient (Wildman–Crippen LogP) is 3.01. The van der Waals surface area contributed by atoms with Crippen LogP contribution in [0.5, 0.6) is 5.75 Å². The molecule has 0 aliphatic carbocycles. The van der Waals surface area contributed by atoms with Gasteiger partial charge in [-0.3, -0.25) is 4.90 Å². The van der Waals surface area contributed by atoms with Crippen molar-refractivity contribution in [3.05, 3.63) is 29.8 Å². The fourth-order valence-corrected chi connectivity index (χ4v) is 2.89. The Kier molecular flexibility index (Phi) is 6.68. The van der Waals surface area contributed by atoms with Gasteiger partial charge in [0, 0.05) is 25.7 Å². The number of rotatable bonds is 7. The molecule has 2 atom stereocenters. The number of hydrogen-bond acceptors (Lipinski definition) is 4. The van der Waals surface area contributed by atoms with Gasteiger partial charge in [-0.1, -0.05) is 12.1 Å². The van der Waals surface area contributed by atoms with Crippen LogP contribution in [0.3, 0.4) is 0 Å². The number of aliphatic hydroxyl groups is 1. The van der Waals surface area contributed by atoms with Crippen molar-refractivity contribution in [1.82, 2.24) is 4.90 Å². The van der Waals surface area contributed by atoms with E-state index in [0.29, 0.717) is 18.7 Å². The van der Waals surface area contributed by atoms with Gasteiger partial charge in [0.1, 0.15) is 5.75 Å². The third kappa shape index (κ3) is 4.97. The van der Waals surface area contributed by atoms with Gasteiger partial charge < -0.3 is 14.6 Å². The molecule has 1 heterocycles. The van der Waals surface area contributed by atoms with Crippen molar-refractivity contribution in [2.45, 2.75) is 51.4 Å². The van der Waals surface area contributed by atoms with Gasteiger partial charge in [-0.25, -0.2) is 0 Å². The summed E-state index contributed by atoms with van der Waals surface area (Å²) < 4.78 is 11.1. The van der Waals surface area contributed by atoms with Crippen LogP contribution >= 0.6 is 0 Å². The molecule has 0 amide bonds. The van der Waals surface area contributed by atoms with Crippen LogP contribution in [0.4, 0.5) is 0 Å². The van der Waals surface area contributed by atoms with Crippen molar-refractivity contribution in [2.75, 3.05) is 26.8 Å². The predicted molar refractivity (Wildman–Crippen MR) is 88.3 cm³/mol. The van der Waals surface area contributed by atoms with Gasteiger partial charge in [-0.2, -0.15) is 0 Å². The minimum Gasteiger partial charge on any atom is -0.497 e. The van der Waals surface area contributed by atoms with Crippen molar-refractivity contribution in [3.63, 3.8) is 0 Å². The highest BCUT2D eigenvalue weighted by Gasteiger charge is 2.22. The summed E-state index contributed by atoms with van der Waals surface area (Å²) in [6.07, 6.45) is 3.33. The van der Waals surface area contributed by atoms with Crippen molar-refractivity contribution < 1.29 is 14.6 Å². The third-order valence-electron chi connectivity index (χ3n) is 4.33. The van der Waals surface area contributed by atoms with Gasteiger partial charge in [-0.05, 0) is 50.8 Å². The van der Waals surface area contributed by atoms with Gasteiger partial charge in [-0.15, -0.1) is 0 Å². The molecule has 0 radical (unpaired) electrons. The van der Waals surface area contributed by atoms with Crippen LogP contribution in [0, 0.1) is 0 Å². The highest BCUT2D eigenvalue weighted by Crippen LogP contribution is 2.22. The number of nitrogens with zero attached hydrogens (tertiary/aromatic N) is 1. The van der Waals surface area contributed by atoms with Crippen molar-refractivity contribution in [1.29, 1.82) is 0 Å². The number of benzene rings is 1. The topological polar surface area (TPSA) is 41.9 Å². The van der Waals surface area contributed by atoms with E-state index in [1.54, 1.807) is 7.11 Å². The lowest BCUT2D eigenvalue weighted by molar-refractivity contribution is -0.0203. The van der Waals surface area contributed by atoms with Gasteiger partial charge >= 0.3 is 0 Å². The second-order valence-electron chi connectivity index (χ2n) is 6.33. The first kappa shape index (κ1) is 17.3. The lowest BCUT2D eigenvalue weighted by atomic mass is 10.1. The van der Waals surface area contributed by atoms with Crippen LogP contribution in [0.25, 0.3) is 0 Å². The van der Waals surface area contributed by atoms with Gasteiger partial charge in [0.2, 0.25) is 0 Å². The molecule has 0 aromatic heterocycles. The Labute approximate surface area is 134 Å². The highest BCUT2D eigenvalue weighted by atomic mass is 16.5. The molecule has 1 aromatic rings. The molecule has 1 fully saturated rings. The molecular weight excluding hydrogens is 278 g/mol. The summed E-state index contributed by atoms with van der Waals surface area (Å²) in [5.41, 5.74) is 0.898. The minimum atomic E-state index is -0.513. The quantitative estimate of drug-likeness (QED) is 0.841. The average Bonchev–Trinajstić information content (AvgIpc) is 2.55. The Morgan fingerprint density at radius 2 is 2.18 bits per heavy atom. The third-order valence-corrected chi connectivity index (χ3v) is 4.33. The summed E-state index contributed by atoms with van der Waals surface area (Å²) in [5.74, 6) is 0.781. The second-order valence-corrected chi connectivity index (χ2v) is 6.33. The Hall–Kier alpha value is -1.10. The zero-order valence-electron chi connectivity index (χ0n) is 14.0. The maximum atomic E-state index is 10.6. The van der Waals surface area contributed by atoms with Crippen LogP contribution in [-0.2, 0) is 4.74 Å². The van der Waals surface area contributed by atoms with E-state index < -0.39 is 6.10 Å². The normalized spacial score (nSPS) is 20.4. The number of hydrogen-bond donors (Lipinski definition) is 1. The smallest absolute Gasteiger partial charge is 0.119 e. The Morgan fingerprint density at radius 3 is 2.82 bits per heavy atom. The lowest BCUT2D eigenvalue weighted by Gasteiger charge is -2.33. The van der Waals surface area contributed by atoms with E-state index in [1.807, 2.05) is 24.3 Å². The zero-order chi connectivity index (χ0) is 15.9. The maximum Gasteiger partial charge on any atom is 0.119 e. The standard InChI is InChI=1S/C18H29NO3/c1-14(2)19(12-17-8-4-5-10-22-17)13-18(20)15-7-6-9-16(11-15)21-3/h6-7,9,11,14,17-18,20H,4-5,8,10,12-13H2,1-3H3. The maximum absolute atomic E-state index is 10.6. The Bertz CT molecular complexity index is 444. The Morgan fingerprint density at radius 1 is 1.36 bits per heavy atom. The van der Waals surface area contributed by atoms with Crippen LogP contribution in [0.2, 0.25) is 0 Å². The molecule has 1 aliphatic rings. The molecule has 1 N–H and O–H groups in total.